The fourth-order valence-electron chi connectivity index (χ4n) is 1.06. The molecule has 0 saturated carbocycles. The van der Waals surface area contributed by atoms with Crippen LogP contribution in [0.25, 0.3) is 0 Å². The van der Waals surface area contributed by atoms with Gasteiger partial charge in [0.15, 0.2) is 6.10 Å². The minimum atomic E-state index is -5.89. The van der Waals surface area contributed by atoms with Crippen molar-refractivity contribution in [3.63, 3.8) is 0 Å². The first-order valence-corrected chi connectivity index (χ1v) is 4.49. The molecule has 8 heteroatoms. The van der Waals surface area contributed by atoms with Gasteiger partial charge in [-0.25, -0.2) is 0 Å². The van der Waals surface area contributed by atoms with Crippen molar-refractivity contribution in [1.82, 2.24) is 0 Å². The summed E-state index contributed by atoms with van der Waals surface area (Å²) in [4.78, 5) is 0. The molecule has 0 aliphatic carbocycles. The van der Waals surface area contributed by atoms with Gasteiger partial charge in [-0.1, -0.05) is 18.2 Å². The van der Waals surface area contributed by atoms with Crippen LogP contribution in [-0.4, -0.2) is 17.4 Å². The lowest BCUT2D eigenvalue weighted by Crippen LogP contribution is -2.42. The molecule has 1 rings (SSSR count). The number of para-hydroxylation sites is 1. The average Bonchev–Trinajstić information content (AvgIpc) is 2.26. The van der Waals surface area contributed by atoms with E-state index in [2.05, 4.69) is 4.74 Å². The molecule has 0 aliphatic heterocycles. The van der Waals surface area contributed by atoms with E-state index in [1.165, 1.54) is 12.1 Å². The molecule has 1 N–H and O–H groups in total. The largest absolute Gasteiger partial charge is 0.499 e. The predicted octanol–water partition coefficient (Wildman–Crippen LogP) is 2.78. The molecular formula is C10H6F5NO2. The zero-order chi connectivity index (χ0) is 14.0. The van der Waals surface area contributed by atoms with E-state index in [4.69, 9.17) is 10.4 Å². The lowest BCUT2D eigenvalue weighted by atomic mass is 10.1. The summed E-state index contributed by atoms with van der Waals surface area (Å²) in [6.07, 6.45) is -13.2. The van der Waals surface area contributed by atoms with E-state index in [0.717, 1.165) is 18.2 Å². The van der Waals surface area contributed by atoms with E-state index in [9.17, 15) is 22.0 Å². The van der Waals surface area contributed by atoms with Crippen molar-refractivity contribution in [2.45, 2.75) is 18.4 Å². The maximum absolute atomic E-state index is 12.7. The zero-order valence-electron chi connectivity index (χ0n) is 8.58. The van der Waals surface area contributed by atoms with E-state index < -0.39 is 29.7 Å². The number of aliphatic hydroxyl groups is 1. The SMILES string of the molecule is N#CC(O)c1ccccc1OC(F)(F)C(F)(F)F. The number of nitriles is 1. The Morgan fingerprint density at radius 1 is 1.17 bits per heavy atom. The number of rotatable bonds is 3. The van der Waals surface area contributed by atoms with Gasteiger partial charge in [0.1, 0.15) is 5.75 Å². The first-order chi connectivity index (χ1) is 8.19. The molecule has 3 nitrogen and oxygen atoms in total. The Bertz CT molecular complexity index is 466. The molecule has 1 unspecified atom stereocenters. The molecule has 0 heterocycles. The van der Waals surface area contributed by atoms with Crippen molar-refractivity contribution in [2.75, 3.05) is 0 Å². The fourth-order valence-corrected chi connectivity index (χ4v) is 1.06. The van der Waals surface area contributed by atoms with Gasteiger partial charge < -0.3 is 9.84 Å². The maximum atomic E-state index is 12.7. The number of halogens is 5. The molecule has 1 aromatic rings. The maximum Gasteiger partial charge on any atom is 0.499 e. The molecule has 0 radical (unpaired) electrons. The van der Waals surface area contributed by atoms with Crippen LogP contribution < -0.4 is 4.74 Å². The van der Waals surface area contributed by atoms with Gasteiger partial charge in [0.25, 0.3) is 0 Å². The Morgan fingerprint density at radius 2 is 1.72 bits per heavy atom. The van der Waals surface area contributed by atoms with Crippen LogP contribution in [0.5, 0.6) is 5.75 Å². The molecule has 18 heavy (non-hydrogen) atoms. The van der Waals surface area contributed by atoms with Crippen molar-refractivity contribution in [3.8, 4) is 11.8 Å². The van der Waals surface area contributed by atoms with Crippen LogP contribution in [-0.2, 0) is 0 Å². The first kappa shape index (κ1) is 14.2. The molecule has 0 aromatic heterocycles. The van der Waals surface area contributed by atoms with Gasteiger partial charge in [-0.3, -0.25) is 0 Å². The lowest BCUT2D eigenvalue weighted by Gasteiger charge is -2.21. The molecule has 98 valence electrons. The Kier molecular flexibility index (Phi) is 3.76. The van der Waals surface area contributed by atoms with Gasteiger partial charge in [-0.05, 0) is 6.07 Å². The van der Waals surface area contributed by atoms with E-state index in [-0.39, 0.29) is 0 Å². The summed E-state index contributed by atoms with van der Waals surface area (Å²) in [6.45, 7) is 0. The monoisotopic (exact) mass is 267 g/mol. The molecule has 0 aliphatic rings. The Hall–Kier alpha value is -1.88. The zero-order valence-corrected chi connectivity index (χ0v) is 8.58. The van der Waals surface area contributed by atoms with Gasteiger partial charge >= 0.3 is 12.3 Å². The number of ether oxygens (including phenoxy) is 1. The van der Waals surface area contributed by atoms with Gasteiger partial charge in [0, 0.05) is 5.56 Å². The Labute approximate surface area is 98.0 Å². The quantitative estimate of drug-likeness (QED) is 0.676. The number of benzene rings is 1. The first-order valence-electron chi connectivity index (χ1n) is 4.49. The highest BCUT2D eigenvalue weighted by molar-refractivity contribution is 5.37. The number of alkyl halides is 5. The third-order valence-electron chi connectivity index (χ3n) is 1.90. The smallest absolute Gasteiger partial charge is 0.425 e. The van der Waals surface area contributed by atoms with Crippen molar-refractivity contribution < 1.29 is 31.8 Å². The summed E-state index contributed by atoms with van der Waals surface area (Å²) in [7, 11) is 0. The van der Waals surface area contributed by atoms with Gasteiger partial charge in [0.2, 0.25) is 0 Å². The number of hydrogen-bond acceptors (Lipinski definition) is 3. The van der Waals surface area contributed by atoms with Gasteiger partial charge in [-0.2, -0.15) is 27.2 Å². The summed E-state index contributed by atoms with van der Waals surface area (Å²) in [5, 5.41) is 17.5. The summed E-state index contributed by atoms with van der Waals surface area (Å²) in [6, 6.07) is 5.50. The highest BCUT2D eigenvalue weighted by Crippen LogP contribution is 2.39. The van der Waals surface area contributed by atoms with Crippen LogP contribution in [0.2, 0.25) is 0 Å². The normalized spacial score (nSPS) is 13.8. The fraction of sp³-hybridized carbons (Fsp3) is 0.300. The molecule has 1 aromatic carbocycles. The molecule has 0 saturated heterocycles. The highest BCUT2D eigenvalue weighted by atomic mass is 19.4. The van der Waals surface area contributed by atoms with Crippen molar-refractivity contribution >= 4 is 0 Å². The Morgan fingerprint density at radius 3 is 2.22 bits per heavy atom. The van der Waals surface area contributed by atoms with Crippen molar-refractivity contribution in [2.24, 2.45) is 0 Å². The van der Waals surface area contributed by atoms with E-state index >= 15 is 0 Å². The van der Waals surface area contributed by atoms with Gasteiger partial charge in [-0.15, -0.1) is 0 Å². The second-order valence-corrected chi connectivity index (χ2v) is 3.19. The molecule has 0 spiro atoms. The standard InChI is InChI=1S/C10H6F5NO2/c11-9(12,13)10(14,15)18-8-4-2-1-3-6(8)7(17)5-16/h1-4,7,17H. The third kappa shape index (κ3) is 2.87. The van der Waals surface area contributed by atoms with E-state index in [0.29, 0.717) is 0 Å². The predicted molar refractivity (Wildman–Crippen MR) is 48.6 cm³/mol. The second-order valence-electron chi connectivity index (χ2n) is 3.19. The van der Waals surface area contributed by atoms with Crippen molar-refractivity contribution in [3.05, 3.63) is 29.8 Å². The number of nitrogens with zero attached hydrogens (tertiary/aromatic N) is 1. The van der Waals surface area contributed by atoms with Crippen LogP contribution in [0.15, 0.2) is 24.3 Å². The van der Waals surface area contributed by atoms with Crippen LogP contribution in [0.3, 0.4) is 0 Å². The minimum Gasteiger partial charge on any atom is -0.425 e. The molecule has 1 atom stereocenters. The average molecular weight is 267 g/mol. The second kappa shape index (κ2) is 4.78. The lowest BCUT2D eigenvalue weighted by molar-refractivity contribution is -0.360. The molecular weight excluding hydrogens is 261 g/mol. The summed E-state index contributed by atoms with van der Waals surface area (Å²) < 4.78 is 64.6. The third-order valence-corrected chi connectivity index (χ3v) is 1.90. The highest BCUT2D eigenvalue weighted by Gasteiger charge is 2.61. The molecule has 0 fully saturated rings. The van der Waals surface area contributed by atoms with Crippen molar-refractivity contribution in [1.29, 1.82) is 5.26 Å². The van der Waals surface area contributed by atoms with E-state index in [1.807, 2.05) is 0 Å². The molecule has 0 bridgehead atoms. The minimum absolute atomic E-state index is 0.469. The topological polar surface area (TPSA) is 53.2 Å². The van der Waals surface area contributed by atoms with Crippen LogP contribution in [0, 0.1) is 11.3 Å². The summed E-state index contributed by atoms with van der Waals surface area (Å²) >= 11 is 0. The van der Waals surface area contributed by atoms with Crippen LogP contribution >= 0.6 is 0 Å². The van der Waals surface area contributed by atoms with E-state index in [1.54, 1.807) is 0 Å². The molecule has 0 amide bonds. The summed E-state index contributed by atoms with van der Waals surface area (Å²) in [5.41, 5.74) is -0.469. The number of aliphatic hydroxyl groups excluding tert-OH is 1. The van der Waals surface area contributed by atoms with Crippen LogP contribution in [0.4, 0.5) is 22.0 Å². The van der Waals surface area contributed by atoms with Gasteiger partial charge in [0.05, 0.1) is 6.07 Å². The van der Waals surface area contributed by atoms with Crippen LogP contribution in [0.1, 0.15) is 11.7 Å². The summed E-state index contributed by atoms with van der Waals surface area (Å²) in [5.74, 6) is -0.908. The Balaban J connectivity index is 3.10. The number of hydrogen-bond donors (Lipinski definition) is 1.